The highest BCUT2D eigenvalue weighted by Crippen LogP contribution is 2.18. The number of hydrogen-bond acceptors (Lipinski definition) is 5. The summed E-state index contributed by atoms with van der Waals surface area (Å²) in [6.07, 6.45) is 1.51. The van der Waals surface area contributed by atoms with Gasteiger partial charge in [-0.1, -0.05) is 0 Å². The average Bonchev–Trinajstić information content (AvgIpc) is 3.30. The minimum Gasteiger partial charge on any atom is -0.459 e. The zero-order chi connectivity index (χ0) is 20.1. The Morgan fingerprint density at radius 1 is 1.00 bits per heavy atom. The normalized spacial score (nSPS) is 17.9. The molecule has 2 fully saturated rings. The van der Waals surface area contributed by atoms with E-state index in [2.05, 4.69) is 10.2 Å². The summed E-state index contributed by atoms with van der Waals surface area (Å²) >= 11 is 0. The first-order chi connectivity index (χ1) is 14.2. The standard InChI is InChI=1S/C21H26N4O4/c26-20(22-17-3-5-18(6-4-17)24-11-14-28-15-12-24)16-23-7-9-25(10-8-23)21(27)19-2-1-13-29-19/h1-6,13H,7-12,14-16H2,(H,22,26)/p+1. The van der Waals surface area contributed by atoms with Crippen molar-refractivity contribution in [2.24, 2.45) is 0 Å². The first kappa shape index (κ1) is 19.5. The maximum absolute atomic E-state index is 12.4. The van der Waals surface area contributed by atoms with E-state index < -0.39 is 0 Å². The van der Waals surface area contributed by atoms with Gasteiger partial charge in [0.05, 0.1) is 45.7 Å². The lowest BCUT2D eigenvalue weighted by Gasteiger charge is -2.31. The van der Waals surface area contributed by atoms with Gasteiger partial charge in [0, 0.05) is 24.5 Å². The number of morpholine rings is 1. The number of carbonyl (C=O) groups excluding carboxylic acids is 2. The summed E-state index contributed by atoms with van der Waals surface area (Å²) in [5.41, 5.74) is 1.95. The van der Waals surface area contributed by atoms with Gasteiger partial charge in [-0.3, -0.25) is 9.59 Å². The van der Waals surface area contributed by atoms with Crippen LogP contribution >= 0.6 is 0 Å². The molecule has 3 heterocycles. The molecular formula is C21H27N4O4+. The summed E-state index contributed by atoms with van der Waals surface area (Å²) in [5, 5.41) is 2.98. The molecule has 2 N–H and O–H groups in total. The second-order valence-corrected chi connectivity index (χ2v) is 7.39. The van der Waals surface area contributed by atoms with Crippen LogP contribution in [0.3, 0.4) is 0 Å². The van der Waals surface area contributed by atoms with Gasteiger partial charge in [0.25, 0.3) is 11.8 Å². The lowest BCUT2D eigenvalue weighted by Crippen LogP contribution is -3.15. The summed E-state index contributed by atoms with van der Waals surface area (Å²) in [6, 6.07) is 11.3. The Morgan fingerprint density at radius 3 is 2.38 bits per heavy atom. The van der Waals surface area contributed by atoms with E-state index in [0.29, 0.717) is 25.4 Å². The molecule has 0 radical (unpaired) electrons. The number of quaternary nitrogens is 1. The van der Waals surface area contributed by atoms with Crippen LogP contribution in [0.2, 0.25) is 0 Å². The monoisotopic (exact) mass is 399 g/mol. The summed E-state index contributed by atoms with van der Waals surface area (Å²) < 4.78 is 10.6. The summed E-state index contributed by atoms with van der Waals surface area (Å²) in [6.45, 7) is 6.42. The molecule has 0 spiro atoms. The molecule has 4 rings (SSSR count). The lowest BCUT2D eigenvalue weighted by atomic mass is 10.2. The number of benzene rings is 1. The first-order valence-electron chi connectivity index (χ1n) is 10.1. The van der Waals surface area contributed by atoms with Gasteiger partial charge in [-0.2, -0.15) is 0 Å². The molecule has 0 unspecified atom stereocenters. The van der Waals surface area contributed by atoms with E-state index in [0.717, 1.165) is 50.8 Å². The van der Waals surface area contributed by atoms with Crippen molar-refractivity contribution in [1.29, 1.82) is 0 Å². The highest BCUT2D eigenvalue weighted by Gasteiger charge is 2.27. The van der Waals surface area contributed by atoms with Crippen molar-refractivity contribution < 1.29 is 23.6 Å². The fourth-order valence-corrected chi connectivity index (χ4v) is 3.77. The Morgan fingerprint density at radius 2 is 1.72 bits per heavy atom. The average molecular weight is 399 g/mol. The molecule has 154 valence electrons. The Balaban J connectivity index is 1.22. The van der Waals surface area contributed by atoms with Gasteiger partial charge < -0.3 is 29.2 Å². The predicted octanol–water partition coefficient (Wildman–Crippen LogP) is 0.0956. The number of hydrogen-bond donors (Lipinski definition) is 2. The molecule has 2 saturated heterocycles. The molecule has 2 amide bonds. The van der Waals surface area contributed by atoms with E-state index in [1.807, 2.05) is 24.3 Å². The van der Waals surface area contributed by atoms with Crippen molar-refractivity contribution >= 4 is 23.2 Å². The van der Waals surface area contributed by atoms with Crippen LogP contribution in [0.15, 0.2) is 47.1 Å². The van der Waals surface area contributed by atoms with E-state index in [-0.39, 0.29) is 11.8 Å². The molecule has 2 aromatic rings. The molecule has 29 heavy (non-hydrogen) atoms. The van der Waals surface area contributed by atoms with Gasteiger partial charge in [-0.05, 0) is 36.4 Å². The Labute approximate surface area is 170 Å². The number of carbonyl (C=O) groups is 2. The number of ether oxygens (including phenoxy) is 1. The third-order valence-electron chi connectivity index (χ3n) is 5.43. The van der Waals surface area contributed by atoms with E-state index >= 15 is 0 Å². The van der Waals surface area contributed by atoms with Crippen LogP contribution in [0.4, 0.5) is 11.4 Å². The predicted molar refractivity (Wildman–Crippen MR) is 108 cm³/mol. The third kappa shape index (κ3) is 4.96. The van der Waals surface area contributed by atoms with Crippen LogP contribution in [0.1, 0.15) is 10.6 Å². The number of piperazine rings is 1. The lowest BCUT2D eigenvalue weighted by molar-refractivity contribution is -0.895. The molecule has 8 nitrogen and oxygen atoms in total. The molecular weight excluding hydrogens is 372 g/mol. The van der Waals surface area contributed by atoms with Crippen LogP contribution in [0.25, 0.3) is 0 Å². The largest absolute Gasteiger partial charge is 0.459 e. The number of rotatable bonds is 5. The van der Waals surface area contributed by atoms with Crippen LogP contribution in [0.5, 0.6) is 0 Å². The van der Waals surface area contributed by atoms with Crippen LogP contribution in [0, 0.1) is 0 Å². The molecule has 1 aromatic heterocycles. The third-order valence-corrected chi connectivity index (χ3v) is 5.43. The highest BCUT2D eigenvalue weighted by molar-refractivity contribution is 5.92. The Hall–Kier alpha value is -2.84. The van der Waals surface area contributed by atoms with Crippen molar-refractivity contribution in [2.45, 2.75) is 0 Å². The topological polar surface area (TPSA) is 79.5 Å². The van der Waals surface area contributed by atoms with Crippen molar-refractivity contribution in [3.8, 4) is 0 Å². The quantitative estimate of drug-likeness (QED) is 0.745. The zero-order valence-electron chi connectivity index (χ0n) is 16.4. The number of amides is 2. The zero-order valence-corrected chi connectivity index (χ0v) is 16.4. The highest BCUT2D eigenvalue weighted by atomic mass is 16.5. The fourth-order valence-electron chi connectivity index (χ4n) is 3.77. The van der Waals surface area contributed by atoms with Gasteiger partial charge >= 0.3 is 0 Å². The second kappa shape index (κ2) is 9.11. The Bertz CT molecular complexity index is 808. The maximum atomic E-state index is 12.4. The summed E-state index contributed by atoms with van der Waals surface area (Å²) in [5.74, 6) is 0.274. The Kier molecular flexibility index (Phi) is 6.12. The van der Waals surface area contributed by atoms with Crippen molar-refractivity contribution in [3.05, 3.63) is 48.4 Å². The van der Waals surface area contributed by atoms with Gasteiger partial charge in [0.2, 0.25) is 0 Å². The fraction of sp³-hybridized carbons (Fsp3) is 0.429. The van der Waals surface area contributed by atoms with E-state index in [9.17, 15) is 9.59 Å². The molecule has 0 atom stereocenters. The maximum Gasteiger partial charge on any atom is 0.289 e. The van der Waals surface area contributed by atoms with Crippen molar-refractivity contribution in [2.75, 3.05) is 69.2 Å². The smallest absolute Gasteiger partial charge is 0.289 e. The second-order valence-electron chi connectivity index (χ2n) is 7.39. The number of anilines is 2. The van der Waals surface area contributed by atoms with Crippen molar-refractivity contribution in [1.82, 2.24) is 4.90 Å². The number of nitrogens with zero attached hydrogens (tertiary/aromatic N) is 2. The molecule has 2 aliphatic heterocycles. The van der Waals surface area contributed by atoms with Gasteiger partial charge in [-0.25, -0.2) is 0 Å². The number of nitrogens with one attached hydrogen (secondary N) is 2. The molecule has 0 bridgehead atoms. The van der Waals surface area contributed by atoms with Gasteiger partial charge in [-0.15, -0.1) is 0 Å². The molecule has 2 aliphatic rings. The van der Waals surface area contributed by atoms with Crippen LogP contribution in [-0.2, 0) is 9.53 Å². The molecule has 0 aliphatic carbocycles. The summed E-state index contributed by atoms with van der Waals surface area (Å²) in [7, 11) is 0. The molecule has 8 heteroatoms. The van der Waals surface area contributed by atoms with Crippen molar-refractivity contribution in [3.63, 3.8) is 0 Å². The molecule has 1 aromatic carbocycles. The summed E-state index contributed by atoms with van der Waals surface area (Å²) in [4.78, 5) is 30.0. The first-order valence-corrected chi connectivity index (χ1v) is 10.1. The van der Waals surface area contributed by atoms with Gasteiger partial charge in [0.15, 0.2) is 12.3 Å². The van der Waals surface area contributed by atoms with Crippen LogP contribution in [-0.4, -0.2) is 75.7 Å². The SMILES string of the molecule is O=C(C[NH+]1CCN(C(=O)c2ccco2)CC1)Nc1ccc(N2CCOCC2)cc1. The molecule has 0 saturated carbocycles. The number of furan rings is 1. The van der Waals surface area contributed by atoms with Gasteiger partial charge in [0.1, 0.15) is 0 Å². The van der Waals surface area contributed by atoms with E-state index in [1.54, 1.807) is 17.0 Å². The minimum absolute atomic E-state index is 0.00932. The van der Waals surface area contributed by atoms with E-state index in [1.165, 1.54) is 11.2 Å². The minimum atomic E-state index is -0.0844. The van der Waals surface area contributed by atoms with Crippen LogP contribution < -0.4 is 15.1 Å². The van der Waals surface area contributed by atoms with E-state index in [4.69, 9.17) is 9.15 Å².